The summed E-state index contributed by atoms with van der Waals surface area (Å²) in [6, 6.07) is 4.58. The quantitative estimate of drug-likeness (QED) is 0.414. The number of β-lactam (4-membered cyclic amide) rings is 1. The summed E-state index contributed by atoms with van der Waals surface area (Å²) in [4.78, 5) is 51.8. The molecule has 0 bridgehead atoms. The molecule has 1 aromatic carbocycles. The fourth-order valence-corrected chi connectivity index (χ4v) is 5.84. The molecule has 1 unspecified atom stereocenters. The molecule has 11 nitrogen and oxygen atoms in total. The van der Waals surface area contributed by atoms with Crippen molar-refractivity contribution in [3.05, 3.63) is 41.1 Å². The van der Waals surface area contributed by atoms with Crippen molar-refractivity contribution >= 4 is 35.6 Å². The molecule has 0 spiro atoms. The van der Waals surface area contributed by atoms with E-state index in [0.717, 1.165) is 6.42 Å². The van der Waals surface area contributed by atoms with Gasteiger partial charge in [0.25, 0.3) is 0 Å². The molecule has 36 heavy (non-hydrogen) atoms. The number of carbonyl (C=O) groups is 4. The van der Waals surface area contributed by atoms with Gasteiger partial charge >= 0.3 is 12.1 Å². The van der Waals surface area contributed by atoms with Crippen LogP contribution in [-0.2, 0) is 23.9 Å². The summed E-state index contributed by atoms with van der Waals surface area (Å²) >= 11 is 1.26. The van der Waals surface area contributed by atoms with Gasteiger partial charge in [-0.1, -0.05) is 12.1 Å². The van der Waals surface area contributed by atoms with Crippen molar-refractivity contribution in [3.8, 4) is 5.75 Å². The predicted octanol–water partition coefficient (Wildman–Crippen LogP) is 2.22. The highest BCUT2D eigenvalue weighted by atomic mass is 32.2. The molecule has 3 heterocycles. The van der Waals surface area contributed by atoms with Crippen LogP contribution >= 0.6 is 11.8 Å². The predicted molar refractivity (Wildman–Crippen MR) is 129 cm³/mol. The first-order valence-electron chi connectivity index (χ1n) is 11.6. The average Bonchev–Trinajstić information content (AvgIpc) is 3.30. The second-order valence-corrected chi connectivity index (χ2v) is 11.0. The minimum atomic E-state index is -1.26. The molecule has 4 rings (SSSR count). The van der Waals surface area contributed by atoms with Crippen LogP contribution in [0.1, 0.15) is 51.6 Å². The number of phenols is 1. The number of rotatable bonds is 6. The number of carboxylic acid groups (broad SMARTS) is 1. The lowest BCUT2D eigenvalue weighted by Gasteiger charge is -2.47. The molecule has 0 radical (unpaired) electrons. The fourth-order valence-electron chi connectivity index (χ4n) is 4.35. The van der Waals surface area contributed by atoms with Crippen molar-refractivity contribution in [3.63, 3.8) is 0 Å². The average molecular weight is 520 g/mol. The molecule has 3 aliphatic heterocycles. The number of alkyl carbamates (subject to hydrolysis) is 1. The zero-order valence-electron chi connectivity index (χ0n) is 20.1. The van der Waals surface area contributed by atoms with Crippen molar-refractivity contribution in [2.24, 2.45) is 0 Å². The Labute approximate surface area is 212 Å². The monoisotopic (exact) mass is 519 g/mol. The van der Waals surface area contributed by atoms with E-state index in [0.29, 0.717) is 24.2 Å². The lowest BCUT2D eigenvalue weighted by molar-refractivity contribution is -0.146. The van der Waals surface area contributed by atoms with Gasteiger partial charge in [0.2, 0.25) is 11.8 Å². The van der Waals surface area contributed by atoms with E-state index in [4.69, 9.17) is 9.47 Å². The Bertz CT molecular complexity index is 1090. The Balaban J connectivity index is 1.65. The smallest absolute Gasteiger partial charge is 0.408 e. The van der Waals surface area contributed by atoms with Crippen LogP contribution in [0, 0.1) is 0 Å². The van der Waals surface area contributed by atoms with Gasteiger partial charge in [0.15, 0.2) is 0 Å². The summed E-state index contributed by atoms with van der Waals surface area (Å²) in [5.74, 6) is -2.18. The first-order chi connectivity index (χ1) is 16.9. The van der Waals surface area contributed by atoms with Gasteiger partial charge in [-0.05, 0) is 51.3 Å². The molecule has 3 amide bonds. The minimum absolute atomic E-state index is 0.0116. The molecule has 0 saturated carbocycles. The van der Waals surface area contributed by atoms with Gasteiger partial charge in [0.05, 0.1) is 17.9 Å². The molecule has 4 N–H and O–H groups in total. The number of carboxylic acids is 1. The maximum atomic E-state index is 13.6. The van der Waals surface area contributed by atoms with Crippen LogP contribution < -0.4 is 10.6 Å². The van der Waals surface area contributed by atoms with Gasteiger partial charge in [-0.3, -0.25) is 14.5 Å². The molecule has 0 aromatic heterocycles. The molecule has 2 fully saturated rings. The number of nitrogens with zero attached hydrogens (tertiary/aromatic N) is 1. The maximum Gasteiger partial charge on any atom is 0.408 e. The van der Waals surface area contributed by atoms with E-state index >= 15 is 0 Å². The summed E-state index contributed by atoms with van der Waals surface area (Å²) in [7, 11) is 0. The maximum absolute atomic E-state index is 13.6. The minimum Gasteiger partial charge on any atom is -0.508 e. The van der Waals surface area contributed by atoms with Crippen LogP contribution in [0.2, 0.25) is 0 Å². The van der Waals surface area contributed by atoms with E-state index in [9.17, 15) is 29.4 Å². The second-order valence-electron chi connectivity index (χ2n) is 9.73. The highest BCUT2D eigenvalue weighted by Gasteiger charge is 2.51. The van der Waals surface area contributed by atoms with Crippen LogP contribution in [0.3, 0.4) is 0 Å². The van der Waals surface area contributed by atoms with Crippen molar-refractivity contribution in [2.45, 2.75) is 68.5 Å². The third kappa shape index (κ3) is 5.44. The van der Waals surface area contributed by atoms with Crippen LogP contribution in [-0.4, -0.2) is 68.0 Å². The first kappa shape index (κ1) is 25.8. The first-order valence-corrected chi connectivity index (χ1v) is 12.5. The van der Waals surface area contributed by atoms with Crippen molar-refractivity contribution in [1.82, 2.24) is 15.5 Å². The molecular weight excluding hydrogens is 490 g/mol. The van der Waals surface area contributed by atoms with E-state index < -0.39 is 46.5 Å². The number of hydrogen-bond donors (Lipinski definition) is 4. The molecule has 12 heteroatoms. The summed E-state index contributed by atoms with van der Waals surface area (Å²) < 4.78 is 11.1. The van der Waals surface area contributed by atoms with Crippen LogP contribution in [0.4, 0.5) is 4.79 Å². The Morgan fingerprint density at radius 2 is 1.92 bits per heavy atom. The summed E-state index contributed by atoms with van der Waals surface area (Å²) in [6.07, 6.45) is 0.0613. The highest BCUT2D eigenvalue weighted by Crippen LogP contribution is 2.45. The number of benzene rings is 1. The number of aromatic hydroxyl groups is 1. The lowest BCUT2D eigenvalue weighted by atomic mass is 9.99. The van der Waals surface area contributed by atoms with Gasteiger partial charge in [-0.25, -0.2) is 9.59 Å². The number of ether oxygens (including phenoxy) is 2. The Morgan fingerprint density at radius 3 is 2.47 bits per heavy atom. The van der Waals surface area contributed by atoms with E-state index in [2.05, 4.69) is 10.6 Å². The third-order valence-corrected chi connectivity index (χ3v) is 7.23. The number of carbonyl (C=O) groups excluding carboxylic acids is 3. The van der Waals surface area contributed by atoms with Crippen LogP contribution in [0.15, 0.2) is 35.5 Å². The molecule has 3 aliphatic rings. The molecule has 2 saturated heterocycles. The van der Waals surface area contributed by atoms with Gasteiger partial charge in [-0.15, -0.1) is 11.8 Å². The number of amides is 3. The normalized spacial score (nSPS) is 24.5. The SMILES string of the molecule is CC(C)(C)OC(=O)NC(C(=O)N[C@@H]1S[C@H]2CC(=O)N2C(C(=O)O)=C1[C@H]1CCCO1)c1ccc(O)cc1. The van der Waals surface area contributed by atoms with E-state index in [1.165, 1.54) is 40.9 Å². The van der Waals surface area contributed by atoms with Crippen LogP contribution in [0.25, 0.3) is 0 Å². The standard InChI is InChI=1S/C24H29N3O8S/c1-24(2,3)35-23(33)25-18(12-6-8-13(28)9-7-12)20(30)26-21-17(14-5-4-10-34-14)19(22(31)32)27-15(29)11-16(27)36-21/h6-9,14,16,18,21,28H,4-5,10-11H2,1-3H3,(H,25,33)(H,26,30)(H,31,32)/t14-,16+,18?,21-/m1/s1. The van der Waals surface area contributed by atoms with Crippen molar-refractivity contribution < 1.29 is 38.9 Å². The van der Waals surface area contributed by atoms with Gasteiger partial charge < -0.3 is 30.3 Å². The number of fused-ring (bicyclic) bond motifs is 1. The number of aliphatic carboxylic acids is 1. The zero-order chi connectivity index (χ0) is 26.2. The Morgan fingerprint density at radius 1 is 1.22 bits per heavy atom. The van der Waals surface area contributed by atoms with Gasteiger partial charge in [0, 0.05) is 12.2 Å². The Hall–Kier alpha value is -3.25. The number of phenolic OH excluding ortho intramolecular Hbond substituents is 1. The van der Waals surface area contributed by atoms with Crippen molar-refractivity contribution in [2.75, 3.05) is 6.61 Å². The summed E-state index contributed by atoms with van der Waals surface area (Å²) in [6.45, 7) is 5.52. The van der Waals surface area contributed by atoms with E-state index in [1.807, 2.05) is 0 Å². The fraction of sp³-hybridized carbons (Fsp3) is 0.500. The molecule has 1 aromatic rings. The zero-order valence-corrected chi connectivity index (χ0v) is 21.0. The topological polar surface area (TPSA) is 154 Å². The number of nitrogens with one attached hydrogen (secondary N) is 2. The van der Waals surface area contributed by atoms with Gasteiger partial charge in [0.1, 0.15) is 28.5 Å². The van der Waals surface area contributed by atoms with Gasteiger partial charge in [-0.2, -0.15) is 0 Å². The largest absolute Gasteiger partial charge is 0.508 e. The molecular formula is C24H29N3O8S. The summed E-state index contributed by atoms with van der Waals surface area (Å²) in [5.41, 5.74) is -0.248. The second kappa shape index (κ2) is 10.0. The third-order valence-electron chi connectivity index (χ3n) is 5.90. The van der Waals surface area contributed by atoms with Crippen molar-refractivity contribution in [1.29, 1.82) is 0 Å². The van der Waals surface area contributed by atoms with Crippen LogP contribution in [0.5, 0.6) is 5.75 Å². The Kier molecular flexibility index (Phi) is 7.19. The highest BCUT2D eigenvalue weighted by molar-refractivity contribution is 8.00. The molecule has 4 atom stereocenters. The number of thioether (sulfide) groups is 1. The van der Waals surface area contributed by atoms with E-state index in [-0.39, 0.29) is 23.8 Å². The lowest BCUT2D eigenvalue weighted by Crippen LogP contribution is -2.59. The summed E-state index contributed by atoms with van der Waals surface area (Å²) in [5, 5.41) is 23.9. The molecule has 194 valence electrons. The molecule has 0 aliphatic carbocycles. The van der Waals surface area contributed by atoms with E-state index in [1.54, 1.807) is 20.8 Å². The number of hydrogen-bond acceptors (Lipinski definition) is 8.